The summed E-state index contributed by atoms with van der Waals surface area (Å²) in [6, 6.07) is 2.95. The zero-order chi connectivity index (χ0) is 14.1. The SMILES string of the molecule is O=C1Nc2cccc(C(F)(F)F)c2S(=O)(=O)C12CC2. The largest absolute Gasteiger partial charge is 0.417 e. The average molecular weight is 291 g/mol. The number of alkyl halides is 3. The lowest BCUT2D eigenvalue weighted by Crippen LogP contribution is -2.42. The Labute approximate surface area is 106 Å². The fourth-order valence-electron chi connectivity index (χ4n) is 2.31. The third-order valence-electron chi connectivity index (χ3n) is 3.47. The Hall–Kier alpha value is -1.57. The number of nitrogens with one attached hydrogen (secondary N) is 1. The summed E-state index contributed by atoms with van der Waals surface area (Å²) in [7, 11) is -4.30. The maximum Gasteiger partial charge on any atom is 0.417 e. The van der Waals surface area contributed by atoms with Crippen LogP contribution in [0.2, 0.25) is 0 Å². The lowest BCUT2D eigenvalue weighted by molar-refractivity contribution is -0.140. The number of fused-ring (bicyclic) bond motifs is 1. The second-order valence-electron chi connectivity index (χ2n) is 4.63. The van der Waals surface area contributed by atoms with Crippen LogP contribution in [0.1, 0.15) is 18.4 Å². The first-order chi connectivity index (χ1) is 8.70. The van der Waals surface area contributed by atoms with Gasteiger partial charge in [-0.15, -0.1) is 0 Å². The summed E-state index contributed by atoms with van der Waals surface area (Å²) in [6.45, 7) is 0. The van der Waals surface area contributed by atoms with Crippen LogP contribution in [-0.2, 0) is 20.8 Å². The lowest BCUT2D eigenvalue weighted by atomic mass is 10.1. The first-order valence-corrected chi connectivity index (χ1v) is 6.95. The number of anilines is 1. The molecule has 1 aliphatic carbocycles. The number of carbonyl (C=O) groups excluding carboxylic acids is 1. The number of hydrogen-bond donors (Lipinski definition) is 1. The quantitative estimate of drug-likeness (QED) is 0.795. The van der Waals surface area contributed by atoms with E-state index >= 15 is 0 Å². The molecule has 0 unspecified atom stereocenters. The van der Waals surface area contributed by atoms with Crippen molar-refractivity contribution in [1.29, 1.82) is 0 Å². The summed E-state index contributed by atoms with van der Waals surface area (Å²) in [6.07, 6.45) is -4.66. The van der Waals surface area contributed by atoms with Crippen molar-refractivity contribution < 1.29 is 26.4 Å². The number of carbonyl (C=O) groups is 1. The van der Waals surface area contributed by atoms with E-state index in [1.807, 2.05) is 0 Å². The minimum atomic E-state index is -4.78. The minimum Gasteiger partial charge on any atom is -0.324 e. The molecule has 3 rings (SSSR count). The van der Waals surface area contributed by atoms with Gasteiger partial charge in [-0.2, -0.15) is 13.2 Å². The van der Waals surface area contributed by atoms with Crippen molar-refractivity contribution in [3.63, 3.8) is 0 Å². The molecule has 1 heterocycles. The molecule has 1 N–H and O–H groups in total. The molecular weight excluding hydrogens is 283 g/mol. The van der Waals surface area contributed by atoms with Crippen molar-refractivity contribution in [2.24, 2.45) is 0 Å². The van der Waals surface area contributed by atoms with Crippen LogP contribution in [-0.4, -0.2) is 19.1 Å². The van der Waals surface area contributed by atoms with Crippen LogP contribution in [0.15, 0.2) is 23.1 Å². The fraction of sp³-hybridized carbons (Fsp3) is 0.364. The number of benzene rings is 1. The van der Waals surface area contributed by atoms with Crippen LogP contribution in [0.3, 0.4) is 0 Å². The molecule has 1 aromatic rings. The monoisotopic (exact) mass is 291 g/mol. The first kappa shape index (κ1) is 12.5. The van der Waals surface area contributed by atoms with E-state index in [0.29, 0.717) is 6.07 Å². The second-order valence-corrected chi connectivity index (χ2v) is 6.83. The third kappa shape index (κ3) is 1.46. The predicted molar refractivity (Wildman–Crippen MR) is 59.2 cm³/mol. The molecule has 1 aromatic carbocycles. The molecule has 4 nitrogen and oxygen atoms in total. The molecule has 1 aliphatic heterocycles. The van der Waals surface area contributed by atoms with E-state index < -0.39 is 37.1 Å². The molecule has 8 heteroatoms. The molecule has 2 aliphatic rings. The molecule has 1 fully saturated rings. The summed E-state index contributed by atoms with van der Waals surface area (Å²) in [4.78, 5) is 10.9. The molecular formula is C11H8F3NO3S. The highest BCUT2D eigenvalue weighted by Gasteiger charge is 2.65. The maximum atomic E-state index is 12.9. The van der Waals surface area contributed by atoms with Gasteiger partial charge in [0.25, 0.3) is 0 Å². The van der Waals surface area contributed by atoms with Gasteiger partial charge in [-0.1, -0.05) is 6.07 Å². The molecule has 19 heavy (non-hydrogen) atoms. The first-order valence-electron chi connectivity index (χ1n) is 5.46. The van der Waals surface area contributed by atoms with Gasteiger partial charge in [0.15, 0.2) is 14.6 Å². The van der Waals surface area contributed by atoms with Crippen LogP contribution in [0.5, 0.6) is 0 Å². The van der Waals surface area contributed by atoms with Crippen LogP contribution in [0, 0.1) is 0 Å². The zero-order valence-corrected chi connectivity index (χ0v) is 10.2. The Bertz CT molecular complexity index is 690. The fourth-order valence-corrected chi connectivity index (χ4v) is 4.52. The van der Waals surface area contributed by atoms with Crippen LogP contribution in [0.25, 0.3) is 0 Å². The Morgan fingerprint density at radius 3 is 2.37 bits per heavy atom. The molecule has 0 aromatic heterocycles. The van der Waals surface area contributed by atoms with Gasteiger partial charge in [-0.3, -0.25) is 4.79 Å². The van der Waals surface area contributed by atoms with Crippen molar-refractivity contribution in [3.8, 4) is 0 Å². The molecule has 0 atom stereocenters. The van der Waals surface area contributed by atoms with Crippen molar-refractivity contribution in [2.75, 3.05) is 5.32 Å². The lowest BCUT2D eigenvalue weighted by Gasteiger charge is -2.27. The number of sulfone groups is 1. The number of hydrogen-bond acceptors (Lipinski definition) is 3. The summed E-state index contributed by atoms with van der Waals surface area (Å²) >= 11 is 0. The minimum absolute atomic E-state index is 0.0623. The van der Waals surface area contributed by atoms with Crippen molar-refractivity contribution >= 4 is 21.4 Å². The Morgan fingerprint density at radius 1 is 1.21 bits per heavy atom. The van der Waals surface area contributed by atoms with Gasteiger partial charge >= 0.3 is 6.18 Å². The highest BCUT2D eigenvalue weighted by molar-refractivity contribution is 7.94. The van der Waals surface area contributed by atoms with E-state index in [2.05, 4.69) is 5.32 Å². The molecule has 1 spiro atoms. The normalized spacial score (nSPS) is 22.8. The summed E-state index contributed by atoms with van der Waals surface area (Å²) < 4.78 is 61.7. The van der Waals surface area contributed by atoms with Crippen molar-refractivity contribution in [2.45, 2.75) is 28.7 Å². The van der Waals surface area contributed by atoms with E-state index in [9.17, 15) is 26.4 Å². The highest BCUT2D eigenvalue weighted by atomic mass is 32.2. The molecule has 1 amide bonds. The topological polar surface area (TPSA) is 63.2 Å². The molecule has 102 valence electrons. The van der Waals surface area contributed by atoms with Crippen LogP contribution >= 0.6 is 0 Å². The van der Waals surface area contributed by atoms with E-state index in [-0.39, 0.29) is 18.5 Å². The summed E-state index contributed by atoms with van der Waals surface area (Å²) in [5.74, 6) is -0.737. The number of amides is 1. The van der Waals surface area contributed by atoms with Gasteiger partial charge in [0.2, 0.25) is 5.91 Å². The Balaban J connectivity index is 2.35. The maximum absolute atomic E-state index is 12.9. The Kier molecular flexibility index (Phi) is 2.16. The summed E-state index contributed by atoms with van der Waals surface area (Å²) in [5, 5.41) is 2.26. The van der Waals surface area contributed by atoms with Gasteiger partial charge in [-0.25, -0.2) is 8.42 Å². The smallest absolute Gasteiger partial charge is 0.324 e. The molecule has 0 radical (unpaired) electrons. The van der Waals surface area contributed by atoms with Gasteiger partial charge in [0, 0.05) is 0 Å². The van der Waals surface area contributed by atoms with E-state index in [0.717, 1.165) is 12.1 Å². The van der Waals surface area contributed by atoms with Crippen LogP contribution in [0.4, 0.5) is 18.9 Å². The highest BCUT2D eigenvalue weighted by Crippen LogP contribution is 2.54. The van der Waals surface area contributed by atoms with Crippen LogP contribution < -0.4 is 5.32 Å². The average Bonchev–Trinajstić information content (AvgIpc) is 3.07. The predicted octanol–water partition coefficient (Wildman–Crippen LogP) is 1.96. The van der Waals surface area contributed by atoms with Crippen molar-refractivity contribution in [1.82, 2.24) is 0 Å². The van der Waals surface area contributed by atoms with Gasteiger partial charge in [0.05, 0.1) is 11.3 Å². The van der Waals surface area contributed by atoms with Gasteiger partial charge < -0.3 is 5.32 Å². The second kappa shape index (κ2) is 3.30. The molecule has 1 saturated carbocycles. The van der Waals surface area contributed by atoms with Crippen molar-refractivity contribution in [3.05, 3.63) is 23.8 Å². The number of halogens is 3. The van der Waals surface area contributed by atoms with Gasteiger partial charge in [-0.05, 0) is 25.0 Å². The zero-order valence-electron chi connectivity index (χ0n) is 9.41. The van der Waals surface area contributed by atoms with E-state index in [4.69, 9.17) is 0 Å². The van der Waals surface area contributed by atoms with E-state index in [1.165, 1.54) is 0 Å². The Morgan fingerprint density at radius 2 is 1.84 bits per heavy atom. The van der Waals surface area contributed by atoms with E-state index in [1.54, 1.807) is 0 Å². The van der Waals surface area contributed by atoms with Gasteiger partial charge in [0.1, 0.15) is 4.90 Å². The molecule has 0 saturated heterocycles. The standard InChI is InChI=1S/C11H8F3NO3S/c12-11(13,14)6-2-1-3-7-8(6)19(17,18)10(4-5-10)9(16)15-7/h1-3H,4-5H2,(H,15,16). The number of rotatable bonds is 0. The summed E-state index contributed by atoms with van der Waals surface area (Å²) in [5.41, 5.74) is -1.52. The third-order valence-corrected chi connectivity index (χ3v) is 6.07. The molecule has 0 bridgehead atoms.